The van der Waals surface area contributed by atoms with E-state index in [0.29, 0.717) is 10.0 Å². The van der Waals surface area contributed by atoms with Crippen LogP contribution >= 0.6 is 15.9 Å². The lowest BCUT2D eigenvalue weighted by atomic mass is 10.1. The van der Waals surface area contributed by atoms with Gasteiger partial charge in [-0.3, -0.25) is 10.1 Å². The highest BCUT2D eigenvalue weighted by atomic mass is 79.9. The van der Waals surface area contributed by atoms with Gasteiger partial charge in [-0.2, -0.15) is 0 Å². The molecule has 98 valence electrons. The molecule has 1 aromatic rings. The first kappa shape index (κ1) is 13.5. The van der Waals surface area contributed by atoms with Crippen molar-refractivity contribution >= 4 is 21.9 Å². The number of rotatable bonds is 5. The van der Waals surface area contributed by atoms with Crippen molar-refractivity contribution in [2.75, 3.05) is 0 Å². The fourth-order valence-electron chi connectivity index (χ4n) is 2.05. The maximum atomic E-state index is 13.8. The van der Waals surface area contributed by atoms with Crippen LogP contribution in [0.15, 0.2) is 22.7 Å². The minimum absolute atomic E-state index is 0.184. The average Bonchev–Trinajstić information content (AvgIpc) is 3.08. The molecule has 0 amide bonds. The van der Waals surface area contributed by atoms with Gasteiger partial charge in [0.15, 0.2) is 0 Å². The number of aliphatic carboxylic acids is 1. The second-order valence-electron chi connectivity index (χ2n) is 4.71. The number of nitrogens with one attached hydrogen (secondary N) is 1. The fraction of sp³-hybridized carbons (Fsp3) is 0.462. The number of carbonyl (C=O) groups is 1. The van der Waals surface area contributed by atoms with Gasteiger partial charge in [0.05, 0.1) is 0 Å². The Hall–Kier alpha value is -0.940. The van der Waals surface area contributed by atoms with E-state index in [0.717, 1.165) is 12.8 Å². The predicted molar refractivity (Wildman–Crippen MR) is 69.8 cm³/mol. The van der Waals surface area contributed by atoms with E-state index in [1.54, 1.807) is 19.1 Å². The summed E-state index contributed by atoms with van der Waals surface area (Å²) in [7, 11) is 0. The highest BCUT2D eigenvalue weighted by Crippen LogP contribution is 2.34. The van der Waals surface area contributed by atoms with E-state index in [-0.39, 0.29) is 17.8 Å². The van der Waals surface area contributed by atoms with Crippen molar-refractivity contribution in [3.8, 4) is 0 Å². The van der Waals surface area contributed by atoms with Crippen molar-refractivity contribution in [2.45, 2.75) is 31.8 Å². The van der Waals surface area contributed by atoms with E-state index in [9.17, 15) is 9.18 Å². The summed E-state index contributed by atoms with van der Waals surface area (Å²) < 4.78 is 14.4. The number of benzene rings is 1. The summed E-state index contributed by atoms with van der Waals surface area (Å²) in [5.74, 6) is -1.00. The predicted octanol–water partition coefficient (Wildman–Crippen LogP) is 3.10. The smallest absolute Gasteiger partial charge is 0.320 e. The van der Waals surface area contributed by atoms with Crippen LogP contribution in [-0.2, 0) is 4.79 Å². The standard InChI is InChI=1S/C13H15BrFNO2/c1-7(10-5-4-9(14)6-11(10)15)16-12(13(17)18)8-2-3-8/h4-8,12,16H,2-3H2,1H3,(H,17,18). The third kappa shape index (κ3) is 3.09. The molecule has 0 bridgehead atoms. The summed E-state index contributed by atoms with van der Waals surface area (Å²) in [6, 6.07) is 3.91. The van der Waals surface area contributed by atoms with Crippen molar-refractivity contribution in [1.82, 2.24) is 5.32 Å². The molecule has 1 aliphatic carbocycles. The maximum Gasteiger partial charge on any atom is 0.320 e. The molecule has 0 radical (unpaired) electrons. The van der Waals surface area contributed by atoms with Crippen LogP contribution in [0.5, 0.6) is 0 Å². The lowest BCUT2D eigenvalue weighted by Gasteiger charge is -2.20. The monoisotopic (exact) mass is 315 g/mol. The number of carboxylic acids is 1. The Morgan fingerprint density at radius 2 is 2.22 bits per heavy atom. The molecule has 0 aromatic heterocycles. The van der Waals surface area contributed by atoms with E-state index in [1.807, 2.05) is 0 Å². The van der Waals surface area contributed by atoms with Crippen LogP contribution in [0, 0.1) is 11.7 Å². The van der Waals surface area contributed by atoms with Gasteiger partial charge in [0.1, 0.15) is 11.9 Å². The van der Waals surface area contributed by atoms with Gasteiger partial charge in [-0.15, -0.1) is 0 Å². The molecule has 1 aromatic carbocycles. The zero-order valence-electron chi connectivity index (χ0n) is 9.99. The second kappa shape index (κ2) is 5.36. The van der Waals surface area contributed by atoms with E-state index in [1.165, 1.54) is 6.07 Å². The molecular weight excluding hydrogens is 301 g/mol. The van der Waals surface area contributed by atoms with Crippen LogP contribution in [0.25, 0.3) is 0 Å². The Balaban J connectivity index is 2.10. The largest absolute Gasteiger partial charge is 0.480 e. The van der Waals surface area contributed by atoms with Gasteiger partial charge >= 0.3 is 5.97 Å². The van der Waals surface area contributed by atoms with E-state index < -0.39 is 12.0 Å². The Morgan fingerprint density at radius 3 is 2.72 bits per heavy atom. The maximum absolute atomic E-state index is 13.8. The van der Waals surface area contributed by atoms with Crippen LogP contribution in [0.1, 0.15) is 31.4 Å². The van der Waals surface area contributed by atoms with E-state index in [2.05, 4.69) is 21.2 Å². The highest BCUT2D eigenvalue weighted by molar-refractivity contribution is 9.10. The lowest BCUT2D eigenvalue weighted by Crippen LogP contribution is -2.40. The summed E-state index contributed by atoms with van der Waals surface area (Å²) in [5, 5.41) is 12.1. The molecule has 18 heavy (non-hydrogen) atoms. The number of carboxylic acid groups (broad SMARTS) is 1. The Labute approximate surface area is 114 Å². The van der Waals surface area contributed by atoms with Gasteiger partial charge in [-0.25, -0.2) is 4.39 Å². The number of halogens is 2. The van der Waals surface area contributed by atoms with Crippen molar-refractivity contribution in [1.29, 1.82) is 0 Å². The Kier molecular flexibility index (Phi) is 4.02. The molecule has 2 unspecified atom stereocenters. The molecule has 0 heterocycles. The molecule has 5 heteroatoms. The highest BCUT2D eigenvalue weighted by Gasteiger charge is 2.37. The molecule has 3 nitrogen and oxygen atoms in total. The van der Waals surface area contributed by atoms with Gasteiger partial charge in [-0.05, 0) is 37.8 Å². The molecule has 2 atom stereocenters. The molecule has 0 spiro atoms. The van der Waals surface area contributed by atoms with Crippen LogP contribution in [0.2, 0.25) is 0 Å². The average molecular weight is 316 g/mol. The molecular formula is C13H15BrFNO2. The molecule has 1 aliphatic rings. The minimum atomic E-state index is -0.859. The molecule has 2 N–H and O–H groups in total. The Bertz CT molecular complexity index is 462. The summed E-state index contributed by atoms with van der Waals surface area (Å²) in [4.78, 5) is 11.1. The normalized spacial score (nSPS) is 18.4. The third-order valence-electron chi connectivity index (χ3n) is 3.22. The zero-order chi connectivity index (χ0) is 13.3. The van der Waals surface area contributed by atoms with Gasteiger partial charge in [0, 0.05) is 16.1 Å². The van der Waals surface area contributed by atoms with Gasteiger partial charge in [0.2, 0.25) is 0 Å². The third-order valence-corrected chi connectivity index (χ3v) is 3.71. The molecule has 0 aliphatic heterocycles. The zero-order valence-corrected chi connectivity index (χ0v) is 11.6. The van der Waals surface area contributed by atoms with E-state index in [4.69, 9.17) is 5.11 Å². The topological polar surface area (TPSA) is 49.3 Å². The van der Waals surface area contributed by atoms with Crippen molar-refractivity contribution in [3.63, 3.8) is 0 Å². The molecule has 2 rings (SSSR count). The van der Waals surface area contributed by atoms with Crippen LogP contribution in [0.3, 0.4) is 0 Å². The second-order valence-corrected chi connectivity index (χ2v) is 5.62. The molecule has 1 fully saturated rings. The van der Waals surface area contributed by atoms with Gasteiger partial charge in [-0.1, -0.05) is 22.0 Å². The summed E-state index contributed by atoms with van der Waals surface area (Å²) in [6.45, 7) is 1.78. The lowest BCUT2D eigenvalue weighted by molar-refractivity contribution is -0.140. The quantitative estimate of drug-likeness (QED) is 0.877. The number of hydrogen-bond donors (Lipinski definition) is 2. The van der Waals surface area contributed by atoms with Gasteiger partial charge in [0.25, 0.3) is 0 Å². The van der Waals surface area contributed by atoms with Crippen molar-refractivity contribution < 1.29 is 14.3 Å². The van der Waals surface area contributed by atoms with Crippen LogP contribution < -0.4 is 5.32 Å². The van der Waals surface area contributed by atoms with Gasteiger partial charge < -0.3 is 5.11 Å². The first-order chi connectivity index (χ1) is 8.49. The SMILES string of the molecule is CC(NC(C(=O)O)C1CC1)c1ccc(Br)cc1F. The summed E-state index contributed by atoms with van der Waals surface area (Å²) >= 11 is 3.20. The van der Waals surface area contributed by atoms with Crippen LogP contribution in [0.4, 0.5) is 4.39 Å². The summed E-state index contributed by atoms with van der Waals surface area (Å²) in [5.41, 5.74) is 0.491. The molecule has 1 saturated carbocycles. The first-order valence-corrected chi connectivity index (χ1v) is 6.72. The minimum Gasteiger partial charge on any atom is -0.480 e. The number of hydrogen-bond acceptors (Lipinski definition) is 2. The summed E-state index contributed by atoms with van der Waals surface area (Å²) in [6.07, 6.45) is 1.86. The Morgan fingerprint density at radius 1 is 1.56 bits per heavy atom. The fourth-order valence-corrected chi connectivity index (χ4v) is 2.38. The van der Waals surface area contributed by atoms with Crippen molar-refractivity contribution in [3.05, 3.63) is 34.1 Å². The van der Waals surface area contributed by atoms with E-state index >= 15 is 0 Å². The van der Waals surface area contributed by atoms with Crippen molar-refractivity contribution in [2.24, 2.45) is 5.92 Å². The van der Waals surface area contributed by atoms with Crippen LogP contribution in [-0.4, -0.2) is 17.1 Å². The molecule has 0 saturated heterocycles. The first-order valence-electron chi connectivity index (χ1n) is 5.93.